The first-order valence-corrected chi connectivity index (χ1v) is 9.23. The molecule has 1 aromatic carbocycles. The molecule has 0 fully saturated rings. The van der Waals surface area contributed by atoms with E-state index in [0.29, 0.717) is 28.4 Å². The van der Waals surface area contributed by atoms with E-state index >= 15 is 0 Å². The van der Waals surface area contributed by atoms with E-state index in [1.807, 2.05) is 6.07 Å². The topological polar surface area (TPSA) is 66.4 Å². The Hall–Kier alpha value is -0.920. The zero-order valence-corrected chi connectivity index (χ0v) is 13.6. The second-order valence-electron chi connectivity index (χ2n) is 4.59. The molecule has 1 heterocycles. The van der Waals surface area contributed by atoms with Crippen LogP contribution in [0.25, 0.3) is 0 Å². The van der Waals surface area contributed by atoms with Gasteiger partial charge in [-0.25, -0.2) is 13.1 Å². The Bertz CT molecular complexity index is 698. The van der Waals surface area contributed by atoms with Crippen molar-refractivity contribution in [3.63, 3.8) is 0 Å². The van der Waals surface area contributed by atoms with Gasteiger partial charge in [0.2, 0.25) is 10.0 Å². The molecule has 1 aromatic heterocycles. The van der Waals surface area contributed by atoms with Crippen molar-refractivity contribution in [2.75, 3.05) is 6.54 Å². The van der Waals surface area contributed by atoms with Gasteiger partial charge in [-0.15, -0.1) is 11.3 Å². The molecule has 0 spiro atoms. The van der Waals surface area contributed by atoms with E-state index in [9.17, 15) is 8.42 Å². The number of nitrogens with one attached hydrogen (secondary N) is 1. The lowest BCUT2D eigenvalue weighted by atomic mass is 10.1. The number of hydrogen-bond donors (Lipinski definition) is 2. The molecule has 4 nitrogen and oxygen atoms in total. The minimum atomic E-state index is -3.38. The van der Waals surface area contributed by atoms with Crippen LogP contribution < -0.4 is 4.72 Å². The first kappa shape index (κ1) is 16.5. The molecule has 7 heteroatoms. The van der Waals surface area contributed by atoms with Crippen molar-refractivity contribution in [1.82, 2.24) is 4.72 Å². The van der Waals surface area contributed by atoms with Crippen molar-refractivity contribution in [2.24, 2.45) is 0 Å². The van der Waals surface area contributed by atoms with E-state index in [2.05, 4.69) is 4.72 Å². The third-order valence-electron chi connectivity index (χ3n) is 2.85. The quantitative estimate of drug-likeness (QED) is 0.810. The van der Waals surface area contributed by atoms with Gasteiger partial charge in [0.05, 0.1) is 16.7 Å². The molecule has 0 radical (unpaired) electrons. The zero-order chi connectivity index (χ0) is 15.3. The van der Waals surface area contributed by atoms with E-state index in [1.165, 1.54) is 11.3 Å². The number of aliphatic hydroxyl groups excluding tert-OH is 1. The fourth-order valence-electron chi connectivity index (χ4n) is 1.90. The number of halogens is 1. The maximum absolute atomic E-state index is 12.0. The minimum Gasteiger partial charge on any atom is -0.392 e. The smallest absolute Gasteiger partial charge is 0.215 e. The highest BCUT2D eigenvalue weighted by atomic mass is 35.5. The second-order valence-corrected chi connectivity index (χ2v) is 8.19. The molecule has 2 N–H and O–H groups in total. The largest absolute Gasteiger partial charge is 0.392 e. The van der Waals surface area contributed by atoms with Crippen LogP contribution in [0.1, 0.15) is 16.0 Å². The van der Waals surface area contributed by atoms with Crippen LogP contribution in [0.2, 0.25) is 4.34 Å². The molecule has 0 saturated carbocycles. The van der Waals surface area contributed by atoms with Crippen LogP contribution in [0.15, 0.2) is 36.4 Å². The van der Waals surface area contributed by atoms with Crippen molar-refractivity contribution in [1.29, 1.82) is 0 Å². The lowest BCUT2D eigenvalue weighted by Gasteiger charge is -2.07. The van der Waals surface area contributed by atoms with Crippen molar-refractivity contribution < 1.29 is 13.5 Å². The fraction of sp³-hybridized carbons (Fsp3) is 0.286. The van der Waals surface area contributed by atoms with E-state index < -0.39 is 10.0 Å². The Balaban J connectivity index is 1.89. The zero-order valence-electron chi connectivity index (χ0n) is 11.3. The van der Waals surface area contributed by atoms with Crippen LogP contribution in [0, 0.1) is 0 Å². The van der Waals surface area contributed by atoms with Gasteiger partial charge in [0.15, 0.2) is 0 Å². The normalized spacial score (nSPS) is 11.7. The van der Waals surface area contributed by atoms with E-state index in [0.717, 1.165) is 4.88 Å². The summed E-state index contributed by atoms with van der Waals surface area (Å²) in [4.78, 5) is 1.05. The molecule has 0 bridgehead atoms. The Kier molecular flexibility index (Phi) is 5.78. The molecule has 0 atom stereocenters. The average Bonchev–Trinajstić information content (AvgIpc) is 2.84. The number of hydrogen-bond acceptors (Lipinski definition) is 4. The number of thiophene rings is 1. The Labute approximate surface area is 133 Å². The average molecular weight is 346 g/mol. The van der Waals surface area contributed by atoms with Crippen LogP contribution in [-0.4, -0.2) is 20.1 Å². The summed E-state index contributed by atoms with van der Waals surface area (Å²) < 4.78 is 27.3. The van der Waals surface area contributed by atoms with Crippen LogP contribution in [0.5, 0.6) is 0 Å². The molecule has 21 heavy (non-hydrogen) atoms. The maximum atomic E-state index is 12.0. The van der Waals surface area contributed by atoms with Crippen molar-refractivity contribution >= 4 is 33.0 Å². The number of rotatable bonds is 7. The minimum absolute atomic E-state index is 0.0912. The van der Waals surface area contributed by atoms with Crippen LogP contribution >= 0.6 is 22.9 Å². The molecule has 0 unspecified atom stereocenters. The fourth-order valence-corrected chi connectivity index (χ4v) is 4.12. The van der Waals surface area contributed by atoms with Crippen LogP contribution in [0.4, 0.5) is 0 Å². The van der Waals surface area contributed by atoms with Crippen molar-refractivity contribution in [2.45, 2.75) is 18.8 Å². The van der Waals surface area contributed by atoms with Gasteiger partial charge in [-0.2, -0.15) is 0 Å². The second kappa shape index (κ2) is 7.38. The molecule has 0 aliphatic rings. The van der Waals surface area contributed by atoms with Crippen molar-refractivity contribution in [3.05, 3.63) is 56.7 Å². The molecule has 0 saturated heterocycles. The summed E-state index contributed by atoms with van der Waals surface area (Å²) in [6.45, 7) is 0.249. The molecule has 2 rings (SSSR count). The number of sulfonamides is 1. The van der Waals surface area contributed by atoms with Crippen LogP contribution in [-0.2, 0) is 28.8 Å². The lowest BCUT2D eigenvalue weighted by molar-refractivity contribution is 0.282. The first-order valence-electron chi connectivity index (χ1n) is 6.39. The Morgan fingerprint density at radius 3 is 2.62 bits per heavy atom. The van der Waals surface area contributed by atoms with E-state index in [1.54, 1.807) is 30.3 Å². The molecule has 0 amide bonds. The highest BCUT2D eigenvalue weighted by molar-refractivity contribution is 7.88. The molecular weight excluding hydrogens is 330 g/mol. The SMILES string of the molecule is O=S(=O)(Cc1cccc(CO)c1)NCCc1ccc(Cl)s1. The lowest BCUT2D eigenvalue weighted by Crippen LogP contribution is -2.27. The predicted molar refractivity (Wildman–Crippen MR) is 86.0 cm³/mol. The van der Waals surface area contributed by atoms with Gasteiger partial charge in [-0.1, -0.05) is 35.9 Å². The first-order chi connectivity index (χ1) is 9.98. The summed E-state index contributed by atoms with van der Waals surface area (Å²) >= 11 is 7.27. The number of benzene rings is 1. The third-order valence-corrected chi connectivity index (χ3v) is 5.50. The van der Waals surface area contributed by atoms with Crippen LogP contribution in [0.3, 0.4) is 0 Å². The summed E-state index contributed by atoms with van der Waals surface area (Å²) in [5.74, 6) is -0.0912. The maximum Gasteiger partial charge on any atom is 0.215 e. The molecular formula is C14H16ClNO3S2. The van der Waals surface area contributed by atoms with Crippen molar-refractivity contribution in [3.8, 4) is 0 Å². The molecule has 2 aromatic rings. The summed E-state index contributed by atoms with van der Waals surface area (Å²) in [5.41, 5.74) is 1.36. The summed E-state index contributed by atoms with van der Waals surface area (Å²) in [7, 11) is -3.38. The van der Waals surface area contributed by atoms with Gasteiger partial charge in [0, 0.05) is 11.4 Å². The standard InChI is InChI=1S/C14H16ClNO3S2/c15-14-5-4-13(20-14)6-7-16-21(18,19)10-12-3-1-2-11(8-12)9-17/h1-5,8,16-17H,6-7,9-10H2. The third kappa shape index (κ3) is 5.41. The molecule has 0 aliphatic heterocycles. The molecule has 114 valence electrons. The Morgan fingerprint density at radius 2 is 1.95 bits per heavy atom. The number of aliphatic hydroxyl groups is 1. The molecule has 0 aliphatic carbocycles. The van der Waals surface area contributed by atoms with Gasteiger partial charge >= 0.3 is 0 Å². The summed E-state index contributed by atoms with van der Waals surface area (Å²) in [6, 6.07) is 10.6. The Morgan fingerprint density at radius 1 is 1.19 bits per heavy atom. The van der Waals surface area contributed by atoms with E-state index in [-0.39, 0.29) is 12.4 Å². The highest BCUT2D eigenvalue weighted by Crippen LogP contribution is 2.21. The van der Waals surface area contributed by atoms with Gasteiger partial charge in [-0.05, 0) is 29.7 Å². The summed E-state index contributed by atoms with van der Waals surface area (Å²) in [6.07, 6.45) is 0.618. The highest BCUT2D eigenvalue weighted by Gasteiger charge is 2.11. The monoisotopic (exact) mass is 345 g/mol. The summed E-state index contributed by atoms with van der Waals surface area (Å²) in [5, 5.41) is 9.06. The van der Waals surface area contributed by atoms with Gasteiger partial charge < -0.3 is 5.11 Å². The van der Waals surface area contributed by atoms with Gasteiger partial charge in [0.1, 0.15) is 0 Å². The van der Waals surface area contributed by atoms with E-state index in [4.69, 9.17) is 16.7 Å². The predicted octanol–water partition coefficient (Wildman–Crippen LogP) is 2.56. The van der Waals surface area contributed by atoms with Gasteiger partial charge in [0.25, 0.3) is 0 Å². The van der Waals surface area contributed by atoms with Gasteiger partial charge in [-0.3, -0.25) is 0 Å².